The van der Waals surface area contributed by atoms with Gasteiger partial charge in [0.25, 0.3) is 5.91 Å². The molecule has 0 saturated heterocycles. The molecule has 0 aliphatic rings. The number of aromatic amines is 1. The van der Waals surface area contributed by atoms with Crippen LogP contribution in [0.2, 0.25) is 0 Å². The molecule has 0 aliphatic carbocycles. The van der Waals surface area contributed by atoms with Gasteiger partial charge >= 0.3 is 0 Å². The first-order chi connectivity index (χ1) is 16.3. The molecule has 0 bridgehead atoms. The van der Waals surface area contributed by atoms with Gasteiger partial charge in [-0.1, -0.05) is 54.6 Å². The molecule has 2 heterocycles. The number of hydrogen-bond acceptors (Lipinski definition) is 4. The van der Waals surface area contributed by atoms with Crippen molar-refractivity contribution < 1.29 is 9.53 Å². The van der Waals surface area contributed by atoms with Gasteiger partial charge in [-0.2, -0.15) is 0 Å². The molecule has 0 fully saturated rings. The number of H-pyrrole nitrogens is 1. The number of amides is 1. The molecule has 33 heavy (non-hydrogen) atoms. The number of benzene rings is 3. The highest BCUT2D eigenvalue weighted by atomic mass is 32.1. The van der Waals surface area contributed by atoms with Crippen molar-refractivity contribution >= 4 is 28.1 Å². The lowest BCUT2D eigenvalue weighted by Crippen LogP contribution is -2.28. The molecule has 3 aromatic carbocycles. The number of nitrogens with one attached hydrogen (secondary N) is 2. The molecule has 164 valence electrons. The highest BCUT2D eigenvalue weighted by Crippen LogP contribution is 2.30. The summed E-state index contributed by atoms with van der Waals surface area (Å²) in [5.41, 5.74) is 6.63. The summed E-state index contributed by atoms with van der Waals surface area (Å²) in [6.07, 6.45) is 2.04. The molecule has 0 radical (unpaired) electrons. The molecule has 2 aromatic heterocycles. The number of thiazole rings is 1. The Bertz CT molecular complexity index is 1350. The minimum atomic E-state index is -0.130. The molecule has 5 rings (SSSR count). The molecule has 1 amide bonds. The van der Waals surface area contributed by atoms with Crippen molar-refractivity contribution in [1.29, 1.82) is 0 Å². The summed E-state index contributed by atoms with van der Waals surface area (Å²) >= 11 is 1.53. The number of nitrogens with zero attached hydrogens (tertiary/aromatic N) is 1. The SMILES string of the molecule is O=C(NCC(c1ccccc1)c1c[nH]c2ccccc12)c1cccc(OCc2cscn2)c1. The van der Waals surface area contributed by atoms with E-state index in [2.05, 4.69) is 39.6 Å². The number of hydrogen-bond donors (Lipinski definition) is 2. The van der Waals surface area contributed by atoms with Crippen LogP contribution in [0.25, 0.3) is 10.9 Å². The third-order valence-corrected chi connectivity index (χ3v) is 6.27. The second-order valence-electron chi connectivity index (χ2n) is 7.76. The van der Waals surface area contributed by atoms with E-state index in [1.54, 1.807) is 17.6 Å². The molecule has 0 aliphatic heterocycles. The van der Waals surface area contributed by atoms with Crippen LogP contribution in [0, 0.1) is 0 Å². The monoisotopic (exact) mass is 453 g/mol. The Balaban J connectivity index is 1.33. The standard InChI is InChI=1S/C27H23N3O2S/c31-27(20-9-6-10-22(13-20)32-16-21-17-33-18-30-21)29-14-24(19-7-2-1-3-8-19)25-15-28-26-12-5-4-11-23(25)26/h1-13,15,17-18,24,28H,14,16H2,(H,29,31). The van der Waals surface area contributed by atoms with Crippen molar-refractivity contribution in [3.63, 3.8) is 0 Å². The predicted molar refractivity (Wildman–Crippen MR) is 132 cm³/mol. The van der Waals surface area contributed by atoms with Crippen LogP contribution in [-0.2, 0) is 6.61 Å². The summed E-state index contributed by atoms with van der Waals surface area (Å²) in [4.78, 5) is 20.6. The van der Waals surface area contributed by atoms with Gasteiger partial charge in [0.1, 0.15) is 12.4 Å². The second kappa shape index (κ2) is 9.71. The lowest BCUT2D eigenvalue weighted by Gasteiger charge is -2.18. The number of carbonyl (C=O) groups is 1. The minimum absolute atomic E-state index is 0.0235. The minimum Gasteiger partial charge on any atom is -0.487 e. The van der Waals surface area contributed by atoms with Crippen LogP contribution in [0.15, 0.2) is 96.0 Å². The van der Waals surface area contributed by atoms with Gasteiger partial charge in [0.15, 0.2) is 0 Å². The highest BCUT2D eigenvalue weighted by molar-refractivity contribution is 7.07. The number of aromatic nitrogens is 2. The van der Waals surface area contributed by atoms with Crippen molar-refractivity contribution in [2.45, 2.75) is 12.5 Å². The molecular formula is C27H23N3O2S. The molecule has 5 nitrogen and oxygen atoms in total. The van der Waals surface area contributed by atoms with Crippen molar-refractivity contribution in [3.05, 3.63) is 118 Å². The van der Waals surface area contributed by atoms with Crippen LogP contribution >= 0.6 is 11.3 Å². The Labute approximate surface area is 196 Å². The molecule has 5 aromatic rings. The lowest BCUT2D eigenvalue weighted by atomic mass is 9.91. The zero-order valence-electron chi connectivity index (χ0n) is 17.9. The second-order valence-corrected chi connectivity index (χ2v) is 8.48. The van der Waals surface area contributed by atoms with Crippen LogP contribution in [0.3, 0.4) is 0 Å². The van der Waals surface area contributed by atoms with E-state index in [0.717, 1.165) is 27.7 Å². The lowest BCUT2D eigenvalue weighted by molar-refractivity contribution is 0.0952. The van der Waals surface area contributed by atoms with Gasteiger partial charge in [-0.05, 0) is 35.4 Å². The van der Waals surface area contributed by atoms with Crippen LogP contribution in [0.1, 0.15) is 33.1 Å². The first-order valence-corrected chi connectivity index (χ1v) is 11.7. The largest absolute Gasteiger partial charge is 0.487 e. The van der Waals surface area contributed by atoms with Gasteiger partial charge in [-0.3, -0.25) is 4.79 Å². The van der Waals surface area contributed by atoms with E-state index >= 15 is 0 Å². The molecule has 2 N–H and O–H groups in total. The van der Waals surface area contributed by atoms with E-state index in [1.165, 1.54) is 11.3 Å². The Morgan fingerprint density at radius 3 is 2.73 bits per heavy atom. The molecule has 1 unspecified atom stereocenters. The van der Waals surface area contributed by atoms with E-state index < -0.39 is 0 Å². The van der Waals surface area contributed by atoms with Crippen LogP contribution in [0.5, 0.6) is 5.75 Å². The van der Waals surface area contributed by atoms with Gasteiger partial charge in [-0.25, -0.2) is 4.98 Å². The molecule has 0 spiro atoms. The Morgan fingerprint density at radius 2 is 1.88 bits per heavy atom. The fourth-order valence-corrected chi connectivity index (χ4v) is 4.51. The van der Waals surface area contributed by atoms with Gasteiger partial charge in [0.05, 0.1) is 11.2 Å². The Morgan fingerprint density at radius 1 is 1.03 bits per heavy atom. The number of para-hydroxylation sites is 1. The zero-order valence-corrected chi connectivity index (χ0v) is 18.7. The maximum absolute atomic E-state index is 13.0. The van der Waals surface area contributed by atoms with E-state index in [9.17, 15) is 4.79 Å². The smallest absolute Gasteiger partial charge is 0.251 e. The van der Waals surface area contributed by atoms with E-state index in [4.69, 9.17) is 4.74 Å². The molecular weight excluding hydrogens is 430 g/mol. The first kappa shape index (κ1) is 21.0. The maximum atomic E-state index is 13.0. The average molecular weight is 454 g/mol. The van der Waals surface area contributed by atoms with Crippen molar-refractivity contribution in [2.75, 3.05) is 6.54 Å². The van der Waals surface area contributed by atoms with E-state index in [0.29, 0.717) is 24.5 Å². The zero-order chi connectivity index (χ0) is 22.5. The molecule has 6 heteroatoms. The predicted octanol–water partition coefficient (Wildman–Crippen LogP) is 5.77. The van der Waals surface area contributed by atoms with Gasteiger partial charge < -0.3 is 15.0 Å². The fourth-order valence-electron chi connectivity index (χ4n) is 3.97. The van der Waals surface area contributed by atoms with Crippen LogP contribution in [0.4, 0.5) is 0 Å². The number of fused-ring (bicyclic) bond motifs is 1. The number of ether oxygens (including phenoxy) is 1. The highest BCUT2D eigenvalue weighted by Gasteiger charge is 2.19. The third kappa shape index (κ3) is 4.81. The number of rotatable bonds is 8. The van der Waals surface area contributed by atoms with Gasteiger partial charge in [0, 0.05) is 40.5 Å². The summed E-state index contributed by atoms with van der Waals surface area (Å²) in [6, 6.07) is 25.8. The first-order valence-electron chi connectivity index (χ1n) is 10.8. The quantitative estimate of drug-likeness (QED) is 0.314. The Kier molecular flexibility index (Phi) is 6.17. The van der Waals surface area contributed by atoms with Crippen LogP contribution in [-0.4, -0.2) is 22.4 Å². The topological polar surface area (TPSA) is 67.0 Å². The third-order valence-electron chi connectivity index (χ3n) is 5.63. The summed E-state index contributed by atoms with van der Waals surface area (Å²) in [6.45, 7) is 0.861. The number of carbonyl (C=O) groups excluding carboxylic acids is 1. The average Bonchev–Trinajstić information content (AvgIpc) is 3.54. The van der Waals surface area contributed by atoms with Crippen molar-refractivity contribution in [2.24, 2.45) is 0 Å². The van der Waals surface area contributed by atoms with Gasteiger partial charge in [0.2, 0.25) is 0 Å². The van der Waals surface area contributed by atoms with Gasteiger partial charge in [-0.15, -0.1) is 11.3 Å². The van der Waals surface area contributed by atoms with Crippen molar-refractivity contribution in [3.8, 4) is 5.75 Å². The van der Waals surface area contributed by atoms with Crippen LogP contribution < -0.4 is 10.1 Å². The maximum Gasteiger partial charge on any atom is 0.251 e. The molecule has 0 saturated carbocycles. The Hall–Kier alpha value is -3.90. The van der Waals surface area contributed by atoms with E-state index in [-0.39, 0.29) is 11.8 Å². The molecule has 1 atom stereocenters. The normalized spacial score (nSPS) is 11.9. The fraction of sp³-hybridized carbons (Fsp3) is 0.111. The van der Waals surface area contributed by atoms with Crippen molar-refractivity contribution in [1.82, 2.24) is 15.3 Å². The summed E-state index contributed by atoms with van der Waals surface area (Å²) in [7, 11) is 0. The summed E-state index contributed by atoms with van der Waals surface area (Å²) in [5, 5.41) is 6.24. The van der Waals surface area contributed by atoms with E-state index in [1.807, 2.05) is 54.0 Å². The summed E-state index contributed by atoms with van der Waals surface area (Å²) in [5.74, 6) is 0.539. The summed E-state index contributed by atoms with van der Waals surface area (Å²) < 4.78 is 5.80.